The molecule has 0 bridgehead atoms. The standard InChI is InChI=1S/C8H12ClN3/c1-4-5(2)12-8(11)6(4)3-7(9)10/h3,12H,10-11H2,1-2H3/b7-3-. The second-order valence-corrected chi connectivity index (χ2v) is 3.17. The normalized spacial score (nSPS) is 12.1. The van der Waals surface area contributed by atoms with E-state index in [-0.39, 0.29) is 5.16 Å². The van der Waals surface area contributed by atoms with Crippen molar-refractivity contribution in [1.82, 2.24) is 4.98 Å². The first kappa shape index (κ1) is 9.00. The molecule has 0 saturated carbocycles. The Morgan fingerprint density at radius 1 is 1.50 bits per heavy atom. The minimum absolute atomic E-state index is 0.240. The summed E-state index contributed by atoms with van der Waals surface area (Å²) >= 11 is 5.53. The molecule has 0 aliphatic heterocycles. The molecule has 4 heteroatoms. The van der Waals surface area contributed by atoms with E-state index in [2.05, 4.69) is 4.98 Å². The number of nitrogens with two attached hydrogens (primary N) is 2. The Kier molecular flexibility index (Phi) is 2.33. The number of aryl methyl sites for hydroxylation is 1. The zero-order valence-electron chi connectivity index (χ0n) is 7.11. The van der Waals surface area contributed by atoms with Crippen LogP contribution in [0, 0.1) is 13.8 Å². The molecule has 5 N–H and O–H groups in total. The number of hydrogen-bond acceptors (Lipinski definition) is 2. The third-order valence-electron chi connectivity index (χ3n) is 1.86. The maximum Gasteiger partial charge on any atom is 0.108 e. The molecule has 0 radical (unpaired) electrons. The van der Waals surface area contributed by atoms with Crippen molar-refractivity contribution in [2.75, 3.05) is 5.73 Å². The lowest BCUT2D eigenvalue weighted by molar-refractivity contribution is 1.23. The van der Waals surface area contributed by atoms with Crippen LogP contribution in [0.1, 0.15) is 16.8 Å². The Morgan fingerprint density at radius 2 is 2.08 bits per heavy atom. The van der Waals surface area contributed by atoms with Crippen LogP contribution >= 0.6 is 11.6 Å². The van der Waals surface area contributed by atoms with Crippen molar-refractivity contribution in [2.45, 2.75) is 13.8 Å². The molecule has 12 heavy (non-hydrogen) atoms. The predicted molar refractivity (Wildman–Crippen MR) is 52.7 cm³/mol. The summed E-state index contributed by atoms with van der Waals surface area (Å²) in [6.45, 7) is 3.92. The van der Waals surface area contributed by atoms with Gasteiger partial charge in [-0.15, -0.1) is 0 Å². The van der Waals surface area contributed by atoms with Crippen LogP contribution in [0.3, 0.4) is 0 Å². The Labute approximate surface area is 76.4 Å². The second kappa shape index (κ2) is 3.11. The van der Waals surface area contributed by atoms with Crippen LogP contribution in [0.2, 0.25) is 0 Å². The number of aromatic amines is 1. The van der Waals surface area contributed by atoms with Gasteiger partial charge in [-0.3, -0.25) is 0 Å². The molecule has 0 unspecified atom stereocenters. The van der Waals surface area contributed by atoms with E-state index in [0.29, 0.717) is 5.82 Å². The molecular weight excluding hydrogens is 174 g/mol. The Morgan fingerprint density at radius 3 is 2.42 bits per heavy atom. The van der Waals surface area contributed by atoms with Gasteiger partial charge in [-0.1, -0.05) is 11.6 Å². The molecule has 1 rings (SSSR count). The highest BCUT2D eigenvalue weighted by Gasteiger charge is 2.06. The van der Waals surface area contributed by atoms with Gasteiger partial charge in [-0.05, 0) is 25.5 Å². The Balaban J connectivity index is 3.23. The van der Waals surface area contributed by atoms with E-state index in [1.54, 1.807) is 6.08 Å². The van der Waals surface area contributed by atoms with Gasteiger partial charge in [0.15, 0.2) is 0 Å². The van der Waals surface area contributed by atoms with Crippen LogP contribution < -0.4 is 11.5 Å². The number of rotatable bonds is 1. The summed E-state index contributed by atoms with van der Waals surface area (Å²) in [6, 6.07) is 0. The van der Waals surface area contributed by atoms with Crippen LogP contribution in [0.25, 0.3) is 6.08 Å². The van der Waals surface area contributed by atoms with Crippen LogP contribution in [0.4, 0.5) is 5.82 Å². The fourth-order valence-electron chi connectivity index (χ4n) is 1.09. The van der Waals surface area contributed by atoms with Gasteiger partial charge < -0.3 is 16.5 Å². The van der Waals surface area contributed by atoms with Gasteiger partial charge in [-0.25, -0.2) is 0 Å². The molecule has 0 aromatic carbocycles. The minimum Gasteiger partial charge on any atom is -0.389 e. The van der Waals surface area contributed by atoms with E-state index in [1.165, 1.54) is 0 Å². The first-order chi connectivity index (χ1) is 5.52. The zero-order valence-corrected chi connectivity index (χ0v) is 7.87. The van der Waals surface area contributed by atoms with E-state index in [0.717, 1.165) is 16.8 Å². The molecule has 0 aliphatic rings. The molecule has 1 heterocycles. The first-order valence-corrected chi connectivity index (χ1v) is 3.97. The van der Waals surface area contributed by atoms with Crippen molar-refractivity contribution in [3.63, 3.8) is 0 Å². The first-order valence-electron chi connectivity index (χ1n) is 3.59. The highest BCUT2D eigenvalue weighted by atomic mass is 35.5. The van der Waals surface area contributed by atoms with Gasteiger partial charge in [0.05, 0.1) is 5.16 Å². The number of nitrogens with one attached hydrogen (secondary N) is 1. The number of aromatic nitrogens is 1. The minimum atomic E-state index is 0.240. The SMILES string of the molecule is Cc1[nH]c(N)c(/C=C(\N)Cl)c1C. The third-order valence-corrected chi connectivity index (χ3v) is 1.97. The van der Waals surface area contributed by atoms with E-state index < -0.39 is 0 Å². The van der Waals surface area contributed by atoms with Gasteiger partial charge in [0.2, 0.25) is 0 Å². The maximum atomic E-state index is 5.68. The van der Waals surface area contributed by atoms with Crippen LogP contribution in [-0.4, -0.2) is 4.98 Å². The van der Waals surface area contributed by atoms with Crippen molar-refractivity contribution < 1.29 is 0 Å². The monoisotopic (exact) mass is 185 g/mol. The molecule has 1 aromatic rings. The number of nitrogen functional groups attached to an aromatic ring is 1. The average Bonchev–Trinajstić information content (AvgIpc) is 2.16. The lowest BCUT2D eigenvalue weighted by Crippen LogP contribution is -1.91. The number of halogens is 1. The highest BCUT2D eigenvalue weighted by molar-refractivity contribution is 6.31. The predicted octanol–water partition coefficient (Wildman–Crippen LogP) is 1.71. The fraction of sp³-hybridized carbons (Fsp3) is 0.250. The number of hydrogen-bond donors (Lipinski definition) is 3. The van der Waals surface area contributed by atoms with E-state index in [9.17, 15) is 0 Å². The van der Waals surface area contributed by atoms with Gasteiger partial charge in [-0.2, -0.15) is 0 Å². The van der Waals surface area contributed by atoms with Crippen molar-refractivity contribution in [3.05, 3.63) is 22.0 Å². The summed E-state index contributed by atoms with van der Waals surface area (Å²) in [6.07, 6.45) is 1.65. The summed E-state index contributed by atoms with van der Waals surface area (Å²) < 4.78 is 0. The zero-order chi connectivity index (χ0) is 9.30. The van der Waals surface area contributed by atoms with E-state index >= 15 is 0 Å². The summed E-state index contributed by atoms with van der Waals surface area (Å²) in [5.41, 5.74) is 14.0. The molecule has 3 nitrogen and oxygen atoms in total. The molecule has 0 amide bonds. The van der Waals surface area contributed by atoms with E-state index in [1.807, 2.05) is 13.8 Å². The quantitative estimate of drug-likeness (QED) is 0.583. The summed E-state index contributed by atoms with van der Waals surface area (Å²) in [5.74, 6) is 0.605. The largest absolute Gasteiger partial charge is 0.389 e. The van der Waals surface area contributed by atoms with Gasteiger partial charge >= 0.3 is 0 Å². The van der Waals surface area contributed by atoms with Gasteiger partial charge in [0.1, 0.15) is 5.82 Å². The Bertz CT molecular complexity index is 321. The molecular formula is C8H12ClN3. The van der Waals surface area contributed by atoms with Gasteiger partial charge in [0.25, 0.3) is 0 Å². The summed E-state index contributed by atoms with van der Waals surface area (Å²) in [7, 11) is 0. The Hall–Kier alpha value is -1.09. The van der Waals surface area contributed by atoms with Crippen LogP contribution in [0.5, 0.6) is 0 Å². The highest BCUT2D eigenvalue weighted by Crippen LogP contribution is 2.22. The van der Waals surface area contributed by atoms with Crippen molar-refractivity contribution in [2.24, 2.45) is 5.73 Å². The lowest BCUT2D eigenvalue weighted by Gasteiger charge is -1.93. The molecule has 0 saturated heterocycles. The molecule has 0 atom stereocenters. The third kappa shape index (κ3) is 1.56. The van der Waals surface area contributed by atoms with Crippen molar-refractivity contribution in [3.8, 4) is 0 Å². The molecule has 66 valence electrons. The summed E-state index contributed by atoms with van der Waals surface area (Å²) in [4.78, 5) is 3.00. The number of H-pyrrole nitrogens is 1. The molecule has 0 fully saturated rings. The van der Waals surface area contributed by atoms with Crippen molar-refractivity contribution in [1.29, 1.82) is 0 Å². The molecule has 0 aliphatic carbocycles. The number of anilines is 1. The van der Waals surface area contributed by atoms with Crippen LogP contribution in [0.15, 0.2) is 5.16 Å². The van der Waals surface area contributed by atoms with Crippen molar-refractivity contribution >= 4 is 23.5 Å². The fourth-order valence-corrected chi connectivity index (χ4v) is 1.20. The van der Waals surface area contributed by atoms with Gasteiger partial charge in [0, 0.05) is 11.3 Å². The summed E-state index contributed by atoms with van der Waals surface area (Å²) in [5, 5.41) is 0.240. The average molecular weight is 186 g/mol. The maximum absolute atomic E-state index is 5.68. The smallest absolute Gasteiger partial charge is 0.108 e. The second-order valence-electron chi connectivity index (χ2n) is 2.73. The molecule has 1 aromatic heterocycles. The topological polar surface area (TPSA) is 67.8 Å². The molecule has 0 spiro atoms. The van der Waals surface area contributed by atoms with Crippen LogP contribution in [-0.2, 0) is 0 Å². The van der Waals surface area contributed by atoms with E-state index in [4.69, 9.17) is 23.1 Å². The lowest BCUT2D eigenvalue weighted by atomic mass is 10.1.